The van der Waals surface area contributed by atoms with Crippen LogP contribution in [0.4, 0.5) is 0 Å². The molecular formula is C13H16N2O2. The van der Waals surface area contributed by atoms with Crippen LogP contribution in [0, 0.1) is 6.92 Å². The first-order chi connectivity index (χ1) is 8.24. The molecular weight excluding hydrogens is 216 g/mol. The number of rotatable bonds is 4. The second kappa shape index (κ2) is 5.01. The topological polar surface area (TPSA) is 54.3 Å². The van der Waals surface area contributed by atoms with E-state index >= 15 is 0 Å². The summed E-state index contributed by atoms with van der Waals surface area (Å²) in [7, 11) is 1.85. The second-order valence-electron chi connectivity index (χ2n) is 3.91. The molecule has 0 spiro atoms. The van der Waals surface area contributed by atoms with Gasteiger partial charge in [-0.25, -0.2) is 0 Å². The number of carbonyl (C=O) groups is 1. The van der Waals surface area contributed by atoms with E-state index < -0.39 is 0 Å². The Morgan fingerprint density at radius 3 is 2.76 bits per heavy atom. The van der Waals surface area contributed by atoms with Gasteiger partial charge in [0, 0.05) is 24.0 Å². The van der Waals surface area contributed by atoms with Crippen molar-refractivity contribution in [3.63, 3.8) is 0 Å². The summed E-state index contributed by atoms with van der Waals surface area (Å²) in [5.74, 6) is 0.247. The largest absolute Gasteiger partial charge is 0.451 e. The minimum Gasteiger partial charge on any atom is -0.451 e. The van der Waals surface area contributed by atoms with E-state index in [1.54, 1.807) is 0 Å². The molecule has 1 aromatic heterocycles. The number of benzene rings is 1. The van der Waals surface area contributed by atoms with Crippen molar-refractivity contribution >= 4 is 16.9 Å². The van der Waals surface area contributed by atoms with Crippen molar-refractivity contribution in [3.8, 4) is 0 Å². The fraction of sp³-hybridized carbons (Fsp3) is 0.308. The molecule has 0 fully saturated rings. The van der Waals surface area contributed by atoms with Gasteiger partial charge in [-0.1, -0.05) is 18.2 Å². The summed E-state index contributed by atoms with van der Waals surface area (Å²) in [6, 6.07) is 7.66. The lowest BCUT2D eigenvalue weighted by atomic mass is 10.1. The van der Waals surface area contributed by atoms with Crippen LogP contribution in [0.2, 0.25) is 0 Å². The van der Waals surface area contributed by atoms with Gasteiger partial charge in [0.05, 0.1) is 0 Å². The van der Waals surface area contributed by atoms with Crippen LogP contribution in [-0.2, 0) is 0 Å². The van der Waals surface area contributed by atoms with Gasteiger partial charge in [0.1, 0.15) is 5.58 Å². The Labute approximate surface area is 100.0 Å². The monoisotopic (exact) mass is 232 g/mol. The van der Waals surface area contributed by atoms with E-state index in [1.165, 1.54) is 0 Å². The molecule has 0 aliphatic rings. The molecule has 0 unspecified atom stereocenters. The van der Waals surface area contributed by atoms with Crippen molar-refractivity contribution in [2.75, 3.05) is 20.1 Å². The number of fused-ring (bicyclic) bond motifs is 1. The number of furan rings is 1. The number of aryl methyl sites for hydroxylation is 1. The van der Waals surface area contributed by atoms with E-state index in [-0.39, 0.29) is 5.91 Å². The molecule has 4 nitrogen and oxygen atoms in total. The Balaban J connectivity index is 2.23. The van der Waals surface area contributed by atoms with Gasteiger partial charge in [-0.15, -0.1) is 0 Å². The maximum absolute atomic E-state index is 11.9. The van der Waals surface area contributed by atoms with Crippen molar-refractivity contribution in [1.29, 1.82) is 0 Å². The predicted molar refractivity (Wildman–Crippen MR) is 67.2 cm³/mol. The van der Waals surface area contributed by atoms with E-state index in [0.29, 0.717) is 12.3 Å². The highest BCUT2D eigenvalue weighted by Gasteiger charge is 2.16. The van der Waals surface area contributed by atoms with Gasteiger partial charge in [-0.2, -0.15) is 0 Å². The standard InChI is InChI=1S/C13H16N2O2/c1-9-10-5-3-4-6-11(10)17-12(9)13(16)15-8-7-14-2/h3-6,14H,7-8H2,1-2H3,(H,15,16). The lowest BCUT2D eigenvalue weighted by molar-refractivity contribution is 0.0928. The zero-order valence-electron chi connectivity index (χ0n) is 10.0. The van der Waals surface area contributed by atoms with Gasteiger partial charge in [0.25, 0.3) is 5.91 Å². The third kappa shape index (κ3) is 2.31. The maximum atomic E-state index is 11.9. The molecule has 0 aliphatic carbocycles. The molecule has 0 atom stereocenters. The van der Waals surface area contributed by atoms with E-state index in [9.17, 15) is 4.79 Å². The van der Waals surface area contributed by atoms with E-state index in [0.717, 1.165) is 23.1 Å². The first-order valence-electron chi connectivity index (χ1n) is 5.65. The molecule has 2 rings (SSSR count). The molecule has 1 aromatic carbocycles. The molecule has 0 saturated heterocycles. The number of carbonyl (C=O) groups excluding carboxylic acids is 1. The van der Waals surface area contributed by atoms with E-state index in [4.69, 9.17) is 4.42 Å². The SMILES string of the molecule is CNCCNC(=O)c1oc2ccccc2c1C. The van der Waals surface area contributed by atoms with Crippen molar-refractivity contribution < 1.29 is 9.21 Å². The molecule has 0 radical (unpaired) electrons. The van der Waals surface area contributed by atoms with Crippen molar-refractivity contribution in [3.05, 3.63) is 35.6 Å². The summed E-state index contributed by atoms with van der Waals surface area (Å²) in [4.78, 5) is 11.9. The van der Waals surface area contributed by atoms with Gasteiger partial charge in [0.2, 0.25) is 0 Å². The molecule has 0 bridgehead atoms. The Morgan fingerprint density at radius 1 is 1.29 bits per heavy atom. The highest BCUT2D eigenvalue weighted by Crippen LogP contribution is 2.24. The van der Waals surface area contributed by atoms with Crippen LogP contribution in [0.15, 0.2) is 28.7 Å². The zero-order chi connectivity index (χ0) is 12.3. The van der Waals surface area contributed by atoms with Crippen molar-refractivity contribution in [2.24, 2.45) is 0 Å². The lowest BCUT2D eigenvalue weighted by Crippen LogP contribution is -2.30. The smallest absolute Gasteiger partial charge is 0.287 e. The fourth-order valence-electron chi connectivity index (χ4n) is 1.77. The Hall–Kier alpha value is -1.81. The molecule has 1 heterocycles. The van der Waals surface area contributed by atoms with Gasteiger partial charge in [-0.05, 0) is 20.0 Å². The molecule has 0 aliphatic heterocycles. The number of likely N-dealkylation sites (N-methyl/N-ethyl adjacent to an activating group) is 1. The average molecular weight is 232 g/mol. The third-order valence-electron chi connectivity index (χ3n) is 2.71. The molecule has 2 aromatic rings. The van der Waals surface area contributed by atoms with Gasteiger partial charge < -0.3 is 15.1 Å². The summed E-state index contributed by atoms with van der Waals surface area (Å²) >= 11 is 0. The summed E-state index contributed by atoms with van der Waals surface area (Å²) in [6.07, 6.45) is 0. The summed E-state index contributed by atoms with van der Waals surface area (Å²) in [5, 5.41) is 6.77. The molecule has 90 valence electrons. The Morgan fingerprint density at radius 2 is 2.06 bits per heavy atom. The number of amides is 1. The fourth-order valence-corrected chi connectivity index (χ4v) is 1.77. The number of hydrogen-bond acceptors (Lipinski definition) is 3. The molecule has 4 heteroatoms. The van der Waals surface area contributed by atoms with Crippen LogP contribution in [-0.4, -0.2) is 26.0 Å². The molecule has 2 N–H and O–H groups in total. The minimum atomic E-state index is -0.158. The first-order valence-corrected chi connectivity index (χ1v) is 5.65. The Kier molecular flexibility index (Phi) is 3.44. The lowest BCUT2D eigenvalue weighted by Gasteiger charge is -2.02. The van der Waals surface area contributed by atoms with Crippen LogP contribution >= 0.6 is 0 Å². The minimum absolute atomic E-state index is 0.158. The van der Waals surface area contributed by atoms with E-state index in [2.05, 4.69) is 10.6 Å². The Bertz CT molecular complexity index is 531. The van der Waals surface area contributed by atoms with Gasteiger partial charge in [-0.3, -0.25) is 4.79 Å². The third-order valence-corrected chi connectivity index (χ3v) is 2.71. The highest BCUT2D eigenvalue weighted by molar-refractivity contribution is 5.98. The zero-order valence-corrected chi connectivity index (χ0v) is 10.0. The van der Waals surface area contributed by atoms with Gasteiger partial charge >= 0.3 is 0 Å². The normalized spacial score (nSPS) is 10.7. The van der Waals surface area contributed by atoms with Crippen LogP contribution in [0.25, 0.3) is 11.0 Å². The van der Waals surface area contributed by atoms with Crippen LogP contribution in [0.3, 0.4) is 0 Å². The van der Waals surface area contributed by atoms with Crippen LogP contribution in [0.5, 0.6) is 0 Å². The van der Waals surface area contributed by atoms with Crippen molar-refractivity contribution in [1.82, 2.24) is 10.6 Å². The summed E-state index contributed by atoms with van der Waals surface area (Å²) in [6.45, 7) is 3.23. The van der Waals surface area contributed by atoms with E-state index in [1.807, 2.05) is 38.2 Å². The summed E-state index contributed by atoms with van der Waals surface area (Å²) in [5.41, 5.74) is 1.64. The maximum Gasteiger partial charge on any atom is 0.287 e. The van der Waals surface area contributed by atoms with Crippen LogP contribution in [0.1, 0.15) is 16.1 Å². The number of para-hydroxylation sites is 1. The van der Waals surface area contributed by atoms with Crippen molar-refractivity contribution in [2.45, 2.75) is 6.92 Å². The first kappa shape index (κ1) is 11.7. The average Bonchev–Trinajstić information content (AvgIpc) is 2.68. The molecule has 1 amide bonds. The highest BCUT2D eigenvalue weighted by atomic mass is 16.3. The predicted octanol–water partition coefficient (Wildman–Crippen LogP) is 1.69. The molecule has 0 saturated carbocycles. The second-order valence-corrected chi connectivity index (χ2v) is 3.91. The number of nitrogens with one attached hydrogen (secondary N) is 2. The number of hydrogen-bond donors (Lipinski definition) is 2. The van der Waals surface area contributed by atoms with Gasteiger partial charge in [0.15, 0.2) is 5.76 Å². The van der Waals surface area contributed by atoms with Crippen LogP contribution < -0.4 is 10.6 Å². The molecule has 17 heavy (non-hydrogen) atoms. The summed E-state index contributed by atoms with van der Waals surface area (Å²) < 4.78 is 5.56. The quantitative estimate of drug-likeness (QED) is 0.789.